The monoisotopic (exact) mass is 378 g/mol. The van der Waals surface area contributed by atoms with Crippen LogP contribution in [0.25, 0.3) is 22.4 Å². The van der Waals surface area contributed by atoms with E-state index in [-0.39, 0.29) is 5.82 Å². The number of para-hydroxylation sites is 1. The summed E-state index contributed by atoms with van der Waals surface area (Å²) < 4.78 is 15.0. The number of hydrogen-bond acceptors (Lipinski definition) is 3. The number of carbonyl (C=O) groups is 1. The fourth-order valence-corrected chi connectivity index (χ4v) is 4.34. The average Bonchev–Trinajstić information content (AvgIpc) is 3.20. The van der Waals surface area contributed by atoms with E-state index in [0.717, 1.165) is 31.0 Å². The zero-order valence-electron chi connectivity index (χ0n) is 15.6. The normalized spacial score (nSPS) is 20.1. The van der Waals surface area contributed by atoms with Gasteiger partial charge >= 0.3 is 0 Å². The molecule has 5 nitrogen and oxygen atoms in total. The molecule has 1 aliphatic heterocycles. The van der Waals surface area contributed by atoms with Crippen LogP contribution in [0.3, 0.4) is 0 Å². The summed E-state index contributed by atoms with van der Waals surface area (Å²) in [6.45, 7) is 2.23. The molecule has 2 aromatic carbocycles. The fourth-order valence-electron chi connectivity index (χ4n) is 4.34. The van der Waals surface area contributed by atoms with Crippen LogP contribution in [0.5, 0.6) is 0 Å². The van der Waals surface area contributed by atoms with Gasteiger partial charge in [-0.2, -0.15) is 0 Å². The van der Waals surface area contributed by atoms with Gasteiger partial charge in [0.2, 0.25) is 0 Å². The van der Waals surface area contributed by atoms with Gasteiger partial charge in [0.05, 0.1) is 16.6 Å². The summed E-state index contributed by atoms with van der Waals surface area (Å²) in [5.74, 6) is 0.403. The van der Waals surface area contributed by atoms with Gasteiger partial charge in [0.1, 0.15) is 17.2 Å². The summed E-state index contributed by atoms with van der Waals surface area (Å²) >= 11 is 0. The van der Waals surface area contributed by atoms with Gasteiger partial charge in [0, 0.05) is 12.6 Å². The van der Waals surface area contributed by atoms with Crippen molar-refractivity contribution in [3.8, 4) is 11.4 Å². The van der Waals surface area contributed by atoms with Crippen molar-refractivity contribution in [1.82, 2.24) is 14.9 Å². The van der Waals surface area contributed by atoms with Gasteiger partial charge < -0.3 is 10.7 Å². The zero-order chi connectivity index (χ0) is 19.3. The molecule has 1 aliphatic carbocycles. The van der Waals surface area contributed by atoms with Crippen LogP contribution in [0.2, 0.25) is 0 Å². The highest BCUT2D eigenvalue weighted by atomic mass is 19.1. The molecular formula is C22H23FN4O. The van der Waals surface area contributed by atoms with E-state index in [1.54, 1.807) is 30.3 Å². The number of halogens is 1. The molecule has 1 aromatic heterocycles. The molecule has 1 unspecified atom stereocenters. The largest absolute Gasteiger partial charge is 0.366 e. The van der Waals surface area contributed by atoms with Crippen LogP contribution in [0.4, 0.5) is 4.39 Å². The summed E-state index contributed by atoms with van der Waals surface area (Å²) in [5, 5.41) is 0. The molecule has 28 heavy (non-hydrogen) atoms. The molecule has 0 spiro atoms. The predicted octanol–water partition coefficient (Wildman–Crippen LogP) is 4.01. The molecule has 2 aliphatic rings. The number of H-pyrrole nitrogens is 1. The Hall–Kier alpha value is -2.73. The van der Waals surface area contributed by atoms with Crippen molar-refractivity contribution in [2.24, 2.45) is 11.7 Å². The third-order valence-electron chi connectivity index (χ3n) is 5.96. The third kappa shape index (κ3) is 3.07. The predicted molar refractivity (Wildman–Crippen MR) is 106 cm³/mol. The molecule has 0 bridgehead atoms. The van der Waals surface area contributed by atoms with Gasteiger partial charge in [-0.3, -0.25) is 9.69 Å². The highest BCUT2D eigenvalue weighted by Crippen LogP contribution is 2.38. The molecule has 1 atom stereocenters. The highest BCUT2D eigenvalue weighted by molar-refractivity contribution is 6.04. The number of amides is 1. The number of aromatic amines is 1. The second-order valence-electron chi connectivity index (χ2n) is 7.99. The van der Waals surface area contributed by atoms with Crippen LogP contribution in [0.15, 0.2) is 36.4 Å². The van der Waals surface area contributed by atoms with Crippen molar-refractivity contribution in [2.45, 2.75) is 31.7 Å². The van der Waals surface area contributed by atoms with E-state index in [9.17, 15) is 4.79 Å². The Kier molecular flexibility index (Phi) is 4.16. The molecule has 0 radical (unpaired) electrons. The number of benzene rings is 2. The van der Waals surface area contributed by atoms with E-state index >= 15 is 4.39 Å². The van der Waals surface area contributed by atoms with Crippen molar-refractivity contribution in [1.29, 1.82) is 0 Å². The number of carbonyl (C=O) groups excluding carboxylic acids is 1. The number of nitrogens with zero attached hydrogens (tertiary/aromatic N) is 2. The van der Waals surface area contributed by atoms with Crippen LogP contribution in [-0.2, 0) is 0 Å². The second kappa shape index (κ2) is 6.71. The molecule has 1 amide bonds. The number of nitrogens with one attached hydrogen (secondary N) is 1. The number of nitrogens with two attached hydrogens (primary N) is 1. The number of rotatable bonds is 5. The van der Waals surface area contributed by atoms with E-state index in [0.29, 0.717) is 34.0 Å². The molecule has 3 N–H and O–H groups in total. The zero-order valence-corrected chi connectivity index (χ0v) is 15.6. The van der Waals surface area contributed by atoms with E-state index in [1.165, 1.54) is 19.3 Å². The number of likely N-dealkylation sites (tertiary alicyclic amines) is 1. The quantitative estimate of drug-likeness (QED) is 0.704. The maximum Gasteiger partial charge on any atom is 0.250 e. The number of hydrogen-bond donors (Lipinski definition) is 2. The van der Waals surface area contributed by atoms with Crippen LogP contribution >= 0.6 is 0 Å². The maximum absolute atomic E-state index is 15.0. The molecule has 1 saturated heterocycles. The van der Waals surface area contributed by atoms with Crippen LogP contribution in [0.1, 0.15) is 47.6 Å². The molecule has 1 saturated carbocycles. The first-order valence-electron chi connectivity index (χ1n) is 9.92. The first kappa shape index (κ1) is 17.4. The van der Waals surface area contributed by atoms with Gasteiger partial charge in [0.15, 0.2) is 0 Å². The van der Waals surface area contributed by atoms with Gasteiger partial charge in [-0.1, -0.05) is 12.1 Å². The Labute approximate surface area is 162 Å². The summed E-state index contributed by atoms with van der Waals surface area (Å²) in [6.07, 6.45) is 4.91. The maximum atomic E-state index is 15.0. The Bertz CT molecular complexity index is 1060. The lowest BCUT2D eigenvalue weighted by molar-refractivity contribution is 0.100. The topological polar surface area (TPSA) is 75.0 Å². The summed E-state index contributed by atoms with van der Waals surface area (Å²) in [5.41, 5.74) is 8.34. The minimum absolute atomic E-state index is 0.296. The lowest BCUT2D eigenvalue weighted by Gasteiger charge is -2.25. The molecule has 3 aromatic rings. The van der Waals surface area contributed by atoms with Crippen molar-refractivity contribution >= 4 is 16.9 Å². The van der Waals surface area contributed by atoms with Crippen molar-refractivity contribution in [2.75, 3.05) is 13.1 Å². The molecule has 5 rings (SSSR count). The smallest absolute Gasteiger partial charge is 0.250 e. The standard InChI is InChI=1S/C22H23FN4O/c23-17-11-14(19-5-2-10-27(19)12-13-6-7-13)8-9-15(17)22-25-18-4-1-3-16(21(24)28)20(18)26-22/h1,3-4,8-9,11,13,19H,2,5-7,10,12H2,(H2,24,28)(H,25,26). The van der Waals surface area contributed by atoms with Gasteiger partial charge in [-0.05, 0) is 68.0 Å². The number of imidazole rings is 1. The lowest BCUT2D eigenvalue weighted by atomic mass is 10.0. The molecular weight excluding hydrogens is 355 g/mol. The fraction of sp³-hybridized carbons (Fsp3) is 0.364. The Morgan fingerprint density at radius 3 is 2.86 bits per heavy atom. The van der Waals surface area contributed by atoms with Gasteiger partial charge in [-0.15, -0.1) is 0 Å². The van der Waals surface area contributed by atoms with Crippen molar-refractivity contribution in [3.63, 3.8) is 0 Å². The Morgan fingerprint density at radius 2 is 2.11 bits per heavy atom. The van der Waals surface area contributed by atoms with Gasteiger partial charge in [-0.25, -0.2) is 9.37 Å². The van der Waals surface area contributed by atoms with E-state index in [1.807, 2.05) is 6.07 Å². The van der Waals surface area contributed by atoms with Crippen LogP contribution in [0, 0.1) is 11.7 Å². The Morgan fingerprint density at radius 1 is 1.25 bits per heavy atom. The SMILES string of the molecule is NC(=O)c1cccc2[nH]c(-c3ccc(C4CCCN4CC4CC4)cc3F)nc12. The molecule has 144 valence electrons. The molecule has 2 heterocycles. The highest BCUT2D eigenvalue weighted by Gasteiger charge is 2.32. The minimum Gasteiger partial charge on any atom is -0.366 e. The third-order valence-corrected chi connectivity index (χ3v) is 5.96. The van der Waals surface area contributed by atoms with Gasteiger partial charge in [0.25, 0.3) is 5.91 Å². The summed E-state index contributed by atoms with van der Waals surface area (Å²) in [6, 6.07) is 10.9. The van der Waals surface area contributed by atoms with E-state index in [4.69, 9.17) is 5.73 Å². The average molecular weight is 378 g/mol. The van der Waals surface area contributed by atoms with Crippen LogP contribution in [-0.4, -0.2) is 33.9 Å². The van der Waals surface area contributed by atoms with E-state index < -0.39 is 5.91 Å². The summed E-state index contributed by atoms with van der Waals surface area (Å²) in [4.78, 5) is 21.7. The molecule has 2 fully saturated rings. The van der Waals surface area contributed by atoms with Crippen molar-refractivity contribution < 1.29 is 9.18 Å². The Balaban J connectivity index is 1.47. The number of fused-ring (bicyclic) bond motifs is 1. The minimum atomic E-state index is -0.545. The molecule has 6 heteroatoms. The number of primary amides is 1. The summed E-state index contributed by atoms with van der Waals surface area (Å²) in [7, 11) is 0. The first-order valence-corrected chi connectivity index (χ1v) is 9.92. The lowest BCUT2D eigenvalue weighted by Crippen LogP contribution is -2.25. The number of aromatic nitrogens is 2. The van der Waals surface area contributed by atoms with Crippen LogP contribution < -0.4 is 5.73 Å². The first-order chi connectivity index (χ1) is 13.6. The van der Waals surface area contributed by atoms with E-state index in [2.05, 4.69) is 14.9 Å². The van der Waals surface area contributed by atoms with Crippen molar-refractivity contribution in [3.05, 3.63) is 53.3 Å². The second-order valence-corrected chi connectivity index (χ2v) is 7.99.